The highest BCUT2D eigenvalue weighted by Gasteiger charge is 2.00. The zero-order valence-electron chi connectivity index (χ0n) is 13.3. The third-order valence-corrected chi connectivity index (χ3v) is 4.10. The number of guanidine groups is 1. The predicted molar refractivity (Wildman–Crippen MR) is 93.9 cm³/mol. The van der Waals surface area contributed by atoms with Crippen LogP contribution in [0.25, 0.3) is 0 Å². The van der Waals surface area contributed by atoms with Crippen molar-refractivity contribution in [3.8, 4) is 5.75 Å². The molecule has 118 valence electrons. The lowest BCUT2D eigenvalue weighted by Crippen LogP contribution is -2.38. The molecule has 0 amide bonds. The van der Waals surface area contributed by atoms with E-state index in [0.29, 0.717) is 13.2 Å². The van der Waals surface area contributed by atoms with E-state index in [1.165, 1.54) is 15.3 Å². The van der Waals surface area contributed by atoms with E-state index in [9.17, 15) is 0 Å². The van der Waals surface area contributed by atoms with Crippen LogP contribution in [0.5, 0.6) is 5.75 Å². The first-order valence-electron chi connectivity index (χ1n) is 7.36. The highest BCUT2D eigenvalue weighted by Crippen LogP contribution is 2.14. The standard InChI is InChI=1S/C17H23N3OS/c1-13-5-4-6-15(11-13)21-10-9-19-17(18-3)20-12-16-8-7-14(2)22-16/h4-8,11H,9-10,12H2,1-3H3,(H2,18,19,20). The van der Waals surface area contributed by atoms with E-state index in [4.69, 9.17) is 4.74 Å². The van der Waals surface area contributed by atoms with E-state index in [0.717, 1.165) is 18.3 Å². The van der Waals surface area contributed by atoms with Gasteiger partial charge < -0.3 is 15.4 Å². The Kier molecular flexibility index (Phi) is 6.27. The van der Waals surface area contributed by atoms with Gasteiger partial charge in [-0.2, -0.15) is 0 Å². The second-order valence-corrected chi connectivity index (χ2v) is 6.40. The van der Waals surface area contributed by atoms with Crippen LogP contribution in [0, 0.1) is 13.8 Å². The van der Waals surface area contributed by atoms with E-state index in [1.54, 1.807) is 18.4 Å². The maximum Gasteiger partial charge on any atom is 0.191 e. The average molecular weight is 317 g/mol. The Morgan fingerprint density at radius 3 is 2.73 bits per heavy atom. The van der Waals surface area contributed by atoms with Crippen molar-refractivity contribution < 1.29 is 4.74 Å². The summed E-state index contributed by atoms with van der Waals surface area (Å²) in [5, 5.41) is 6.55. The Morgan fingerprint density at radius 2 is 2.05 bits per heavy atom. The summed E-state index contributed by atoms with van der Waals surface area (Å²) in [6.07, 6.45) is 0. The van der Waals surface area contributed by atoms with Crippen LogP contribution in [-0.4, -0.2) is 26.2 Å². The fourth-order valence-corrected chi connectivity index (χ4v) is 2.85. The van der Waals surface area contributed by atoms with Crippen molar-refractivity contribution in [1.29, 1.82) is 0 Å². The minimum atomic E-state index is 0.599. The summed E-state index contributed by atoms with van der Waals surface area (Å²) >= 11 is 1.80. The van der Waals surface area contributed by atoms with Gasteiger partial charge in [0.1, 0.15) is 12.4 Å². The number of nitrogens with zero attached hydrogens (tertiary/aromatic N) is 1. The van der Waals surface area contributed by atoms with Gasteiger partial charge in [-0.05, 0) is 43.7 Å². The van der Waals surface area contributed by atoms with Crippen molar-refractivity contribution in [2.45, 2.75) is 20.4 Å². The molecule has 2 rings (SSSR count). The summed E-state index contributed by atoms with van der Waals surface area (Å²) in [6.45, 7) is 6.27. The predicted octanol–water partition coefficient (Wildman–Crippen LogP) is 3.11. The molecule has 1 aromatic heterocycles. The van der Waals surface area contributed by atoms with Crippen LogP contribution in [0.3, 0.4) is 0 Å². The van der Waals surface area contributed by atoms with Crippen molar-refractivity contribution in [3.63, 3.8) is 0 Å². The van der Waals surface area contributed by atoms with Crippen molar-refractivity contribution in [2.24, 2.45) is 4.99 Å². The first-order valence-corrected chi connectivity index (χ1v) is 8.18. The van der Waals surface area contributed by atoms with Gasteiger partial charge in [-0.15, -0.1) is 11.3 Å². The van der Waals surface area contributed by atoms with Gasteiger partial charge in [0.2, 0.25) is 0 Å². The molecular formula is C17H23N3OS. The van der Waals surface area contributed by atoms with Gasteiger partial charge in [0, 0.05) is 16.8 Å². The number of hydrogen-bond acceptors (Lipinski definition) is 3. The minimum Gasteiger partial charge on any atom is -0.492 e. The maximum absolute atomic E-state index is 5.70. The fourth-order valence-electron chi connectivity index (χ4n) is 2.02. The lowest BCUT2D eigenvalue weighted by Gasteiger charge is -2.12. The van der Waals surface area contributed by atoms with Crippen molar-refractivity contribution in [2.75, 3.05) is 20.2 Å². The highest BCUT2D eigenvalue weighted by molar-refractivity contribution is 7.11. The van der Waals surface area contributed by atoms with E-state index >= 15 is 0 Å². The molecule has 2 N–H and O–H groups in total. The van der Waals surface area contributed by atoms with Crippen molar-refractivity contribution >= 4 is 17.3 Å². The molecule has 4 nitrogen and oxygen atoms in total. The van der Waals surface area contributed by atoms with E-state index in [-0.39, 0.29) is 0 Å². The number of aliphatic imine (C=N–C) groups is 1. The summed E-state index contributed by atoms with van der Waals surface area (Å²) in [7, 11) is 1.77. The van der Waals surface area contributed by atoms with Crippen molar-refractivity contribution in [3.05, 3.63) is 51.7 Å². The van der Waals surface area contributed by atoms with Gasteiger partial charge >= 0.3 is 0 Å². The zero-order valence-corrected chi connectivity index (χ0v) is 14.2. The average Bonchev–Trinajstić information content (AvgIpc) is 2.92. The molecule has 0 radical (unpaired) electrons. The monoisotopic (exact) mass is 317 g/mol. The lowest BCUT2D eigenvalue weighted by atomic mass is 10.2. The van der Waals surface area contributed by atoms with Crippen LogP contribution >= 0.6 is 11.3 Å². The van der Waals surface area contributed by atoms with Crippen LogP contribution in [0.15, 0.2) is 41.4 Å². The number of rotatable bonds is 6. The van der Waals surface area contributed by atoms with Crippen molar-refractivity contribution in [1.82, 2.24) is 10.6 Å². The Labute approximate surface area is 136 Å². The molecule has 0 aliphatic heterocycles. The summed E-state index contributed by atoms with van der Waals surface area (Å²) in [4.78, 5) is 6.84. The first kappa shape index (κ1) is 16.4. The van der Waals surface area contributed by atoms with E-state index in [2.05, 4.69) is 47.7 Å². The van der Waals surface area contributed by atoms with Crippen LogP contribution in [0.1, 0.15) is 15.3 Å². The Morgan fingerprint density at radius 1 is 1.18 bits per heavy atom. The molecule has 5 heteroatoms. The van der Waals surface area contributed by atoms with Crippen LogP contribution in [0.2, 0.25) is 0 Å². The Balaban J connectivity index is 1.68. The third-order valence-electron chi connectivity index (χ3n) is 3.10. The molecule has 1 heterocycles. The second kappa shape index (κ2) is 8.44. The van der Waals surface area contributed by atoms with Gasteiger partial charge in [0.05, 0.1) is 13.1 Å². The van der Waals surface area contributed by atoms with Gasteiger partial charge in [0.15, 0.2) is 5.96 Å². The molecule has 0 unspecified atom stereocenters. The number of benzene rings is 1. The molecule has 1 aromatic carbocycles. The van der Waals surface area contributed by atoms with Gasteiger partial charge in [-0.1, -0.05) is 12.1 Å². The van der Waals surface area contributed by atoms with E-state index < -0.39 is 0 Å². The summed E-state index contributed by atoms with van der Waals surface area (Å²) in [6, 6.07) is 12.3. The lowest BCUT2D eigenvalue weighted by molar-refractivity contribution is 0.321. The highest BCUT2D eigenvalue weighted by atomic mass is 32.1. The van der Waals surface area contributed by atoms with Gasteiger partial charge in [0.25, 0.3) is 0 Å². The summed E-state index contributed by atoms with van der Waals surface area (Å²) in [5.41, 5.74) is 1.20. The second-order valence-electron chi connectivity index (χ2n) is 5.03. The Hall–Kier alpha value is -2.01. The summed E-state index contributed by atoms with van der Waals surface area (Å²) < 4.78 is 5.70. The van der Waals surface area contributed by atoms with Crippen LogP contribution < -0.4 is 15.4 Å². The third kappa shape index (κ3) is 5.41. The zero-order chi connectivity index (χ0) is 15.8. The molecule has 0 saturated carbocycles. The van der Waals surface area contributed by atoms with Crippen LogP contribution in [0.4, 0.5) is 0 Å². The molecule has 0 bridgehead atoms. The molecule has 0 aliphatic carbocycles. The molecule has 0 aliphatic rings. The van der Waals surface area contributed by atoms with Gasteiger partial charge in [-0.25, -0.2) is 0 Å². The topological polar surface area (TPSA) is 45.7 Å². The molecule has 0 spiro atoms. The number of aryl methyl sites for hydroxylation is 2. The normalized spacial score (nSPS) is 11.3. The van der Waals surface area contributed by atoms with E-state index in [1.807, 2.05) is 18.2 Å². The molecule has 0 saturated heterocycles. The smallest absolute Gasteiger partial charge is 0.191 e. The fraction of sp³-hybridized carbons (Fsp3) is 0.353. The number of hydrogen-bond donors (Lipinski definition) is 2. The molecule has 2 aromatic rings. The maximum atomic E-state index is 5.70. The molecule has 22 heavy (non-hydrogen) atoms. The number of nitrogens with one attached hydrogen (secondary N) is 2. The number of ether oxygens (including phenoxy) is 1. The SMILES string of the molecule is CN=C(NCCOc1cccc(C)c1)NCc1ccc(C)s1. The quantitative estimate of drug-likeness (QED) is 0.489. The molecule has 0 atom stereocenters. The van der Waals surface area contributed by atoms with Gasteiger partial charge in [-0.3, -0.25) is 4.99 Å². The first-order chi connectivity index (χ1) is 10.7. The minimum absolute atomic E-state index is 0.599. The molecular weight excluding hydrogens is 294 g/mol. The van der Waals surface area contributed by atoms with Crippen LogP contribution in [-0.2, 0) is 6.54 Å². The molecule has 0 fully saturated rings. The number of thiophene rings is 1. The largest absolute Gasteiger partial charge is 0.492 e. The summed E-state index contributed by atoms with van der Waals surface area (Å²) in [5.74, 6) is 1.69. The Bertz CT molecular complexity index is 622.